The zero-order chi connectivity index (χ0) is 29.6. The van der Waals surface area contributed by atoms with Crippen LogP contribution in [0.4, 0.5) is 16.0 Å². The molecule has 3 aromatic rings. The van der Waals surface area contributed by atoms with Crippen LogP contribution in [0.25, 0.3) is 22.2 Å². The molecule has 1 aromatic carbocycles. The van der Waals surface area contributed by atoms with Crippen LogP contribution in [0.15, 0.2) is 24.8 Å². The topological polar surface area (TPSA) is 101 Å². The maximum Gasteiger partial charge on any atom is 0.319 e. The van der Waals surface area contributed by atoms with Crippen molar-refractivity contribution >= 4 is 40.0 Å². The lowest BCUT2D eigenvalue weighted by molar-refractivity contribution is -0.126. The van der Waals surface area contributed by atoms with Crippen molar-refractivity contribution in [3.63, 3.8) is 0 Å². The molecule has 0 radical (unpaired) electrons. The first-order valence-electron chi connectivity index (χ1n) is 13.9. The molecule has 3 atom stereocenters. The number of carbonyl (C=O) groups excluding carboxylic acids is 1. The van der Waals surface area contributed by atoms with Gasteiger partial charge in [-0.25, -0.2) is 9.37 Å². The summed E-state index contributed by atoms with van der Waals surface area (Å²) < 4.78 is 22.7. The minimum Gasteiger partial charge on any atom is -0.462 e. The van der Waals surface area contributed by atoms with Gasteiger partial charge in [0, 0.05) is 43.6 Å². The number of aromatic nitrogens is 3. The van der Waals surface area contributed by atoms with Gasteiger partial charge in [0.25, 0.3) is 0 Å². The van der Waals surface area contributed by atoms with Crippen molar-refractivity contribution in [3.05, 3.63) is 46.8 Å². The van der Waals surface area contributed by atoms with Crippen molar-refractivity contribution in [1.29, 1.82) is 0 Å². The molecule has 0 spiro atoms. The summed E-state index contributed by atoms with van der Waals surface area (Å²) in [5.41, 5.74) is 8.30. The number of nitrogens with zero attached hydrogens (tertiary/aromatic N) is 6. The molecule has 0 aliphatic carbocycles. The first kappa shape index (κ1) is 29.0. The minimum absolute atomic E-state index is 0.0932. The monoisotopic (exact) mass is 581 g/mol. The Hall–Kier alpha value is -3.50. The molecule has 2 aliphatic rings. The van der Waals surface area contributed by atoms with Crippen LogP contribution in [0.2, 0.25) is 5.02 Å². The molecule has 2 aliphatic heterocycles. The van der Waals surface area contributed by atoms with Crippen molar-refractivity contribution in [2.45, 2.75) is 46.2 Å². The Balaban J connectivity index is 1.63. The van der Waals surface area contributed by atoms with Gasteiger partial charge < -0.3 is 20.3 Å². The molecular formula is C30H37ClFN7O2. The number of ether oxygens (including phenoxy) is 1. The number of benzene rings is 1. The average Bonchev–Trinajstić information content (AvgIpc) is 3.26. The highest BCUT2D eigenvalue weighted by Crippen LogP contribution is 2.40. The number of anilines is 2. The number of likely N-dealkylation sites (tertiary alicyclic amines) is 1. The van der Waals surface area contributed by atoms with Crippen molar-refractivity contribution in [1.82, 2.24) is 24.8 Å². The highest BCUT2D eigenvalue weighted by atomic mass is 35.5. The van der Waals surface area contributed by atoms with Crippen molar-refractivity contribution in [2.75, 3.05) is 50.5 Å². The number of pyridine rings is 1. The molecule has 2 saturated heterocycles. The number of amides is 1. The number of likely N-dealkylation sites (N-methyl/N-ethyl adjacent to an activating group) is 1. The second-order valence-electron chi connectivity index (χ2n) is 11.4. The van der Waals surface area contributed by atoms with Crippen LogP contribution < -0.4 is 15.4 Å². The Morgan fingerprint density at radius 1 is 1.22 bits per heavy atom. The number of nitrogens with two attached hydrogens (primary N) is 1. The molecule has 2 aromatic heterocycles. The van der Waals surface area contributed by atoms with Gasteiger partial charge in [-0.3, -0.25) is 9.69 Å². The molecule has 1 amide bonds. The van der Waals surface area contributed by atoms with E-state index in [1.54, 1.807) is 17.0 Å². The SMILES string of the molecule is C=CC(=O)N1CCN(c2nc(OCC3CC(C)CN3C)nc3c(F)c(-c4nc(N)cc(C)c4C)c(Cl)cc23)C(C)C1. The Labute approximate surface area is 245 Å². The minimum atomic E-state index is -0.610. The fourth-order valence-corrected chi connectivity index (χ4v) is 6.27. The maximum atomic E-state index is 16.5. The summed E-state index contributed by atoms with van der Waals surface area (Å²) in [5, 5.41) is 0.646. The first-order chi connectivity index (χ1) is 19.5. The third kappa shape index (κ3) is 5.55. The number of nitrogen functional groups attached to an aromatic ring is 1. The van der Waals surface area contributed by atoms with Gasteiger partial charge in [-0.1, -0.05) is 25.1 Å². The molecule has 4 heterocycles. The molecule has 0 bridgehead atoms. The molecule has 218 valence electrons. The number of hydrogen-bond donors (Lipinski definition) is 1. The van der Waals surface area contributed by atoms with Gasteiger partial charge in [0.1, 0.15) is 23.8 Å². The van der Waals surface area contributed by atoms with Gasteiger partial charge in [-0.15, -0.1) is 0 Å². The average molecular weight is 582 g/mol. The lowest BCUT2D eigenvalue weighted by Crippen LogP contribution is -2.53. The van der Waals surface area contributed by atoms with Gasteiger partial charge in [0.15, 0.2) is 5.82 Å². The summed E-state index contributed by atoms with van der Waals surface area (Å²) in [7, 11) is 2.08. The molecule has 11 heteroatoms. The lowest BCUT2D eigenvalue weighted by Gasteiger charge is -2.40. The fourth-order valence-electron chi connectivity index (χ4n) is 5.99. The number of aryl methyl sites for hydroxylation is 1. The molecule has 0 saturated carbocycles. The van der Waals surface area contributed by atoms with Crippen molar-refractivity contribution < 1.29 is 13.9 Å². The van der Waals surface area contributed by atoms with Crippen LogP contribution in [0.5, 0.6) is 6.01 Å². The van der Waals surface area contributed by atoms with Crippen molar-refractivity contribution in [3.8, 4) is 17.3 Å². The lowest BCUT2D eigenvalue weighted by atomic mass is 10.00. The number of rotatable bonds is 6. The van der Waals surface area contributed by atoms with E-state index in [2.05, 4.69) is 40.3 Å². The second-order valence-corrected chi connectivity index (χ2v) is 11.8. The van der Waals surface area contributed by atoms with Gasteiger partial charge in [0.05, 0.1) is 16.3 Å². The summed E-state index contributed by atoms with van der Waals surface area (Å²) in [6.45, 7) is 14.4. The number of piperazine rings is 1. The summed E-state index contributed by atoms with van der Waals surface area (Å²) in [5.74, 6) is 0.624. The Kier molecular flexibility index (Phi) is 8.07. The number of hydrogen-bond acceptors (Lipinski definition) is 8. The molecule has 9 nitrogen and oxygen atoms in total. The summed E-state index contributed by atoms with van der Waals surface area (Å²) in [6, 6.07) is 3.64. The molecule has 2 fully saturated rings. The van der Waals surface area contributed by atoms with Crippen LogP contribution in [-0.4, -0.2) is 82.6 Å². The Morgan fingerprint density at radius 2 is 1.98 bits per heavy atom. The van der Waals surface area contributed by atoms with Crippen LogP contribution in [0.1, 0.15) is 31.4 Å². The van der Waals surface area contributed by atoms with Crippen LogP contribution in [-0.2, 0) is 4.79 Å². The van der Waals surface area contributed by atoms with E-state index in [0.717, 1.165) is 24.1 Å². The predicted octanol–water partition coefficient (Wildman–Crippen LogP) is 4.63. The zero-order valence-electron chi connectivity index (χ0n) is 24.2. The smallest absolute Gasteiger partial charge is 0.319 e. The molecule has 41 heavy (non-hydrogen) atoms. The zero-order valence-corrected chi connectivity index (χ0v) is 25.0. The molecule has 2 N–H and O–H groups in total. The van der Waals surface area contributed by atoms with E-state index in [0.29, 0.717) is 49.1 Å². The van der Waals surface area contributed by atoms with E-state index < -0.39 is 5.82 Å². The molecular weight excluding hydrogens is 545 g/mol. The summed E-state index contributed by atoms with van der Waals surface area (Å²) in [6.07, 6.45) is 2.32. The second kappa shape index (κ2) is 11.4. The van der Waals surface area contributed by atoms with E-state index in [9.17, 15) is 4.79 Å². The van der Waals surface area contributed by atoms with Crippen LogP contribution in [0.3, 0.4) is 0 Å². The van der Waals surface area contributed by atoms with Crippen LogP contribution >= 0.6 is 11.6 Å². The largest absolute Gasteiger partial charge is 0.462 e. The quantitative estimate of drug-likeness (QED) is 0.421. The van der Waals surface area contributed by atoms with Crippen molar-refractivity contribution in [2.24, 2.45) is 5.92 Å². The molecule has 3 unspecified atom stereocenters. The Bertz CT molecular complexity index is 1520. The fraction of sp³-hybridized carbons (Fsp3) is 0.467. The summed E-state index contributed by atoms with van der Waals surface area (Å²) in [4.78, 5) is 32.1. The molecule has 5 rings (SSSR count). The van der Waals surface area contributed by atoms with Crippen LogP contribution in [0, 0.1) is 25.6 Å². The highest BCUT2D eigenvalue weighted by molar-refractivity contribution is 6.34. The maximum absolute atomic E-state index is 16.5. The predicted molar refractivity (Wildman–Crippen MR) is 161 cm³/mol. The standard InChI is InChI=1S/C30H37ClFN7O2/c1-7-24(40)38-8-9-39(18(4)14-38)29-21-12-22(31)25(27-19(5)17(3)11-23(33)34-27)26(32)28(21)35-30(36-29)41-15-20-10-16(2)13-37(20)6/h7,11-12,16,18,20H,1,8-10,13-15H2,2-6H3,(H2,33,34). The van der Waals surface area contributed by atoms with E-state index >= 15 is 4.39 Å². The van der Waals surface area contributed by atoms with Gasteiger partial charge >= 0.3 is 6.01 Å². The number of fused-ring (bicyclic) bond motifs is 1. The van der Waals surface area contributed by atoms with Gasteiger partial charge in [-0.2, -0.15) is 9.97 Å². The van der Waals surface area contributed by atoms with E-state index in [1.807, 2.05) is 20.8 Å². The Morgan fingerprint density at radius 3 is 2.63 bits per heavy atom. The number of halogens is 2. The third-order valence-corrected chi connectivity index (χ3v) is 8.62. The normalized spacial score (nSPS) is 21.5. The van der Waals surface area contributed by atoms with Gasteiger partial charge in [0.2, 0.25) is 5.91 Å². The van der Waals surface area contributed by atoms with E-state index in [1.165, 1.54) is 6.08 Å². The highest BCUT2D eigenvalue weighted by Gasteiger charge is 2.31. The van der Waals surface area contributed by atoms with Gasteiger partial charge in [-0.05, 0) is 69.5 Å². The first-order valence-corrected chi connectivity index (χ1v) is 14.3. The third-order valence-electron chi connectivity index (χ3n) is 8.32. The van der Waals surface area contributed by atoms with E-state index in [-0.39, 0.29) is 45.9 Å². The van der Waals surface area contributed by atoms with E-state index in [4.69, 9.17) is 27.1 Å². The summed E-state index contributed by atoms with van der Waals surface area (Å²) >= 11 is 6.77. The number of carbonyl (C=O) groups is 1.